The maximum Gasteiger partial charge on any atom is 0.0223 e. The van der Waals surface area contributed by atoms with E-state index in [1.54, 1.807) is 40.3 Å². The molecule has 0 aliphatic carbocycles. The van der Waals surface area contributed by atoms with Gasteiger partial charge < -0.3 is 0 Å². The van der Waals surface area contributed by atoms with E-state index >= 15 is 0 Å². The van der Waals surface area contributed by atoms with Gasteiger partial charge in [0.1, 0.15) is 0 Å². The number of hydrogen-bond donors (Lipinski definition) is 0. The van der Waals surface area contributed by atoms with E-state index in [0.717, 1.165) is 5.75 Å². The maximum absolute atomic E-state index is 3.62. The maximum atomic E-state index is 3.62. The van der Waals surface area contributed by atoms with Gasteiger partial charge in [0.05, 0.1) is 0 Å². The van der Waals surface area contributed by atoms with Crippen LogP contribution in [0.25, 0.3) is 0 Å². The first-order valence-electron chi connectivity index (χ1n) is 2.18. The molecule has 0 rings (SSSR count). The van der Waals surface area contributed by atoms with Crippen molar-refractivity contribution in [3.63, 3.8) is 0 Å². The summed E-state index contributed by atoms with van der Waals surface area (Å²) in [6.07, 6.45) is 4.00. The van der Waals surface area contributed by atoms with Crippen LogP contribution >= 0.6 is 51.1 Å². The van der Waals surface area contributed by atoms with Crippen LogP contribution in [0.5, 0.6) is 0 Å². The van der Waals surface area contributed by atoms with Crippen LogP contribution in [0.2, 0.25) is 0 Å². The van der Waals surface area contributed by atoms with Crippen molar-refractivity contribution in [3.05, 3.63) is 12.7 Å². The van der Waals surface area contributed by atoms with Gasteiger partial charge in [-0.05, 0) is 35.7 Å². The van der Waals surface area contributed by atoms with Crippen molar-refractivity contribution in [1.29, 1.82) is 0 Å². The van der Waals surface area contributed by atoms with Gasteiger partial charge in [-0.3, -0.25) is 0 Å². The van der Waals surface area contributed by atoms with Gasteiger partial charge in [-0.25, -0.2) is 0 Å². The first-order chi connectivity index (χ1) is 4.41. The Morgan fingerprint density at radius 3 is 2.67 bits per heavy atom. The van der Waals surface area contributed by atoms with Gasteiger partial charge in [0.15, 0.2) is 0 Å². The Kier molecular flexibility index (Phi) is 11.1. The average Bonchev–Trinajstić information content (AvgIpc) is 1.89. The summed E-state index contributed by atoms with van der Waals surface area (Å²) >= 11 is 0. The minimum Gasteiger partial charge on any atom is -0.102 e. The Balaban J connectivity index is 2.66. The monoisotopic (exact) mass is 216 g/mol. The fourth-order valence-electron chi connectivity index (χ4n) is 0.135. The van der Waals surface area contributed by atoms with Crippen LogP contribution < -0.4 is 0 Å². The molecule has 0 heterocycles. The second kappa shape index (κ2) is 9.49. The summed E-state index contributed by atoms with van der Waals surface area (Å²) in [6, 6.07) is 0. The van der Waals surface area contributed by atoms with E-state index in [9.17, 15) is 0 Å². The van der Waals surface area contributed by atoms with Crippen molar-refractivity contribution in [2.24, 2.45) is 0 Å². The molecule has 0 spiro atoms. The number of rotatable bonds is 6. The minimum atomic E-state index is 1.03. The normalized spacial score (nSPS) is 9.44. The Labute approximate surface area is 75.4 Å². The summed E-state index contributed by atoms with van der Waals surface area (Å²) in [7, 11) is 9.01. The van der Waals surface area contributed by atoms with Gasteiger partial charge in [-0.15, -0.1) is 6.58 Å². The zero-order valence-electron chi connectivity index (χ0n) is 5.03. The molecular weight excluding hydrogens is 208 g/mol. The third kappa shape index (κ3) is 9.49. The molecule has 0 amide bonds. The summed E-state index contributed by atoms with van der Waals surface area (Å²) in [5.74, 6) is 1.03. The molecule has 9 heavy (non-hydrogen) atoms. The smallest absolute Gasteiger partial charge is 0.0223 e. The molecule has 0 aromatic heterocycles. The van der Waals surface area contributed by atoms with E-state index in [0.29, 0.717) is 0 Å². The lowest BCUT2D eigenvalue weighted by Crippen LogP contribution is -1.55. The Hall–Kier alpha value is 1.49. The predicted molar refractivity (Wildman–Crippen MR) is 58.9 cm³/mol. The van der Waals surface area contributed by atoms with Crippen molar-refractivity contribution in [2.75, 3.05) is 12.0 Å². The highest BCUT2D eigenvalue weighted by molar-refractivity contribution is 9.35. The Bertz CT molecular complexity index is 64.0. The van der Waals surface area contributed by atoms with E-state index in [2.05, 4.69) is 12.8 Å². The van der Waals surface area contributed by atoms with Crippen LogP contribution in [0.3, 0.4) is 0 Å². The van der Waals surface area contributed by atoms with Crippen molar-refractivity contribution < 1.29 is 0 Å². The molecule has 0 aliphatic rings. The summed E-state index contributed by atoms with van der Waals surface area (Å²) in [5, 5.41) is 0. The molecule has 0 radical (unpaired) electrons. The topological polar surface area (TPSA) is 0 Å². The van der Waals surface area contributed by atoms with Gasteiger partial charge in [0.2, 0.25) is 0 Å². The zero-order chi connectivity index (χ0) is 6.95. The molecule has 0 saturated heterocycles. The zero-order valence-corrected chi connectivity index (χ0v) is 9.12. The summed E-state index contributed by atoms with van der Waals surface area (Å²) < 4.78 is 0. The van der Waals surface area contributed by atoms with E-state index in [1.807, 2.05) is 16.9 Å². The van der Waals surface area contributed by atoms with Crippen molar-refractivity contribution in [1.82, 2.24) is 0 Å². The molecule has 0 unspecified atom stereocenters. The van der Waals surface area contributed by atoms with Crippen LogP contribution in [0, 0.1) is 0 Å². The van der Waals surface area contributed by atoms with Crippen LogP contribution in [-0.2, 0) is 0 Å². The predicted octanol–water partition coefficient (Wildman–Crippen LogP) is 4.13. The van der Waals surface area contributed by atoms with Gasteiger partial charge in [-0.1, -0.05) is 27.7 Å². The molecule has 0 N–H and O–H groups in total. The third-order valence-electron chi connectivity index (χ3n) is 0.358. The van der Waals surface area contributed by atoms with Gasteiger partial charge in [0, 0.05) is 5.75 Å². The quantitative estimate of drug-likeness (QED) is 0.371. The largest absolute Gasteiger partial charge is 0.102 e. The molecule has 0 aromatic carbocycles. The molecule has 0 nitrogen and oxygen atoms in total. The second-order valence-corrected chi connectivity index (χ2v) is 8.86. The lowest BCUT2D eigenvalue weighted by atomic mass is 10.8. The lowest BCUT2D eigenvalue weighted by Gasteiger charge is -1.91. The lowest BCUT2D eigenvalue weighted by molar-refractivity contribution is 1.84. The van der Waals surface area contributed by atoms with E-state index in [-0.39, 0.29) is 0 Å². The van der Waals surface area contributed by atoms with Gasteiger partial charge in [-0.2, -0.15) is 0 Å². The standard InChI is InChI=1S/C4H8S5/c1-3-4-6-8-9-7-5-2/h3H,1,4H2,2H3. The Morgan fingerprint density at radius 2 is 2.11 bits per heavy atom. The molecular formula is C4H8S5. The molecule has 0 aliphatic heterocycles. The molecule has 0 bridgehead atoms. The van der Waals surface area contributed by atoms with Gasteiger partial charge in [0.25, 0.3) is 0 Å². The fraction of sp³-hybridized carbons (Fsp3) is 0.500. The van der Waals surface area contributed by atoms with E-state index in [1.165, 1.54) is 0 Å². The molecule has 0 fully saturated rings. The summed E-state index contributed by atoms with van der Waals surface area (Å²) in [4.78, 5) is 0. The fourth-order valence-corrected chi connectivity index (χ4v) is 7.78. The highest BCUT2D eigenvalue weighted by atomic mass is 33.8. The SMILES string of the molecule is C=CCSSSSSC. The molecule has 0 saturated carbocycles. The third-order valence-corrected chi connectivity index (χ3v) is 8.60. The minimum absolute atomic E-state index is 1.03. The first-order valence-corrected chi connectivity index (χ1v) is 8.91. The van der Waals surface area contributed by atoms with E-state index < -0.39 is 0 Å². The summed E-state index contributed by atoms with van der Waals surface area (Å²) in [5.41, 5.74) is 0. The molecule has 5 heteroatoms. The van der Waals surface area contributed by atoms with E-state index in [4.69, 9.17) is 0 Å². The summed E-state index contributed by atoms with van der Waals surface area (Å²) in [6.45, 7) is 3.62. The van der Waals surface area contributed by atoms with Gasteiger partial charge >= 0.3 is 0 Å². The van der Waals surface area contributed by atoms with Crippen LogP contribution in [0.1, 0.15) is 0 Å². The first kappa shape index (κ1) is 10.5. The molecule has 54 valence electrons. The molecule has 0 aromatic rings. The number of hydrogen-bond acceptors (Lipinski definition) is 5. The van der Waals surface area contributed by atoms with Crippen molar-refractivity contribution in [3.8, 4) is 0 Å². The highest BCUT2D eigenvalue weighted by Gasteiger charge is 1.87. The van der Waals surface area contributed by atoms with Crippen molar-refractivity contribution in [2.45, 2.75) is 0 Å². The van der Waals surface area contributed by atoms with Crippen LogP contribution in [0.4, 0.5) is 0 Å². The van der Waals surface area contributed by atoms with Crippen molar-refractivity contribution >= 4 is 51.1 Å². The molecule has 0 atom stereocenters. The highest BCUT2D eigenvalue weighted by Crippen LogP contribution is 2.47. The Morgan fingerprint density at radius 1 is 1.33 bits per heavy atom. The average molecular weight is 216 g/mol. The van der Waals surface area contributed by atoms with Crippen LogP contribution in [-0.4, -0.2) is 12.0 Å². The second-order valence-electron chi connectivity index (χ2n) is 0.944. The van der Waals surface area contributed by atoms with Crippen LogP contribution in [0.15, 0.2) is 12.7 Å².